The van der Waals surface area contributed by atoms with E-state index in [0.29, 0.717) is 5.88 Å². The Morgan fingerprint density at radius 3 is 2.59 bits per heavy atom. The Bertz CT molecular complexity index is 379. The Morgan fingerprint density at radius 1 is 1.35 bits per heavy atom. The van der Waals surface area contributed by atoms with Crippen molar-refractivity contribution in [2.24, 2.45) is 0 Å². The van der Waals surface area contributed by atoms with Gasteiger partial charge in [-0.05, 0) is 26.8 Å². The Morgan fingerprint density at radius 2 is 2.00 bits per heavy atom. The normalized spacial score (nSPS) is 25.1. The fourth-order valence-electron chi connectivity index (χ4n) is 2.14. The molecule has 0 N–H and O–H groups in total. The van der Waals surface area contributed by atoms with E-state index in [-0.39, 0.29) is 12.2 Å². The average molecular weight is 256 g/mol. The third kappa shape index (κ3) is 3.07. The second kappa shape index (κ2) is 5.19. The Hall–Kier alpha value is -0.870. The summed E-state index contributed by atoms with van der Waals surface area (Å²) in [6.07, 6.45) is 0.224. The molecule has 4 nitrogen and oxygen atoms in total. The molecule has 0 amide bonds. The predicted octanol–water partition coefficient (Wildman–Crippen LogP) is 1.93. The highest BCUT2D eigenvalue weighted by Gasteiger charge is 2.26. The molecule has 0 aromatic carbocycles. The van der Waals surface area contributed by atoms with Gasteiger partial charge in [0.2, 0.25) is 5.95 Å². The SMILES string of the molecule is Cc1cc(C)nc(N2CC(C)OC(CCl)C2)n1. The van der Waals surface area contributed by atoms with E-state index >= 15 is 0 Å². The molecule has 0 saturated carbocycles. The van der Waals surface area contributed by atoms with Gasteiger partial charge >= 0.3 is 0 Å². The van der Waals surface area contributed by atoms with E-state index in [4.69, 9.17) is 16.3 Å². The lowest BCUT2D eigenvalue weighted by Gasteiger charge is -2.36. The molecule has 0 aliphatic carbocycles. The zero-order valence-corrected chi connectivity index (χ0v) is 11.2. The van der Waals surface area contributed by atoms with Crippen LogP contribution in [0.5, 0.6) is 0 Å². The summed E-state index contributed by atoms with van der Waals surface area (Å²) in [6, 6.07) is 1.98. The van der Waals surface area contributed by atoms with Crippen LogP contribution in [-0.2, 0) is 4.74 Å². The first-order chi connectivity index (χ1) is 8.08. The van der Waals surface area contributed by atoms with Crippen molar-refractivity contribution in [2.45, 2.75) is 33.0 Å². The maximum Gasteiger partial charge on any atom is 0.225 e. The summed E-state index contributed by atoms with van der Waals surface area (Å²) in [7, 11) is 0. The van der Waals surface area contributed by atoms with Crippen molar-refractivity contribution in [1.29, 1.82) is 0 Å². The highest BCUT2D eigenvalue weighted by atomic mass is 35.5. The molecule has 1 aliphatic heterocycles. The standard InChI is InChI=1S/C12H18ClN3O/c1-8-4-9(2)15-12(14-8)16-6-10(3)17-11(5-13)7-16/h4,10-11H,5-7H2,1-3H3. The van der Waals surface area contributed by atoms with E-state index in [9.17, 15) is 0 Å². The molecule has 1 aromatic rings. The van der Waals surface area contributed by atoms with Crippen LogP contribution >= 0.6 is 11.6 Å². The van der Waals surface area contributed by atoms with Crippen molar-refractivity contribution in [3.63, 3.8) is 0 Å². The van der Waals surface area contributed by atoms with Crippen LogP contribution in [0.3, 0.4) is 0 Å². The molecule has 17 heavy (non-hydrogen) atoms. The molecular formula is C12H18ClN3O. The number of aromatic nitrogens is 2. The van der Waals surface area contributed by atoms with Crippen LogP contribution in [0.25, 0.3) is 0 Å². The van der Waals surface area contributed by atoms with Crippen molar-refractivity contribution in [1.82, 2.24) is 9.97 Å². The van der Waals surface area contributed by atoms with Gasteiger partial charge in [0.1, 0.15) is 0 Å². The third-order valence-electron chi connectivity index (χ3n) is 2.75. The first-order valence-electron chi connectivity index (χ1n) is 5.87. The van der Waals surface area contributed by atoms with Crippen LogP contribution in [0.2, 0.25) is 0 Å². The number of anilines is 1. The Balaban J connectivity index is 2.20. The molecule has 2 atom stereocenters. The van der Waals surface area contributed by atoms with E-state index in [1.165, 1.54) is 0 Å². The largest absolute Gasteiger partial charge is 0.370 e. The molecule has 94 valence electrons. The molecule has 0 bridgehead atoms. The second-order valence-corrected chi connectivity index (χ2v) is 4.89. The predicted molar refractivity (Wildman–Crippen MR) is 68.8 cm³/mol. The summed E-state index contributed by atoms with van der Waals surface area (Å²) < 4.78 is 5.72. The number of nitrogens with zero attached hydrogens (tertiary/aromatic N) is 3. The van der Waals surface area contributed by atoms with Gasteiger partial charge in [0.05, 0.1) is 18.1 Å². The highest BCUT2D eigenvalue weighted by Crippen LogP contribution is 2.18. The lowest BCUT2D eigenvalue weighted by atomic mass is 10.2. The third-order valence-corrected chi connectivity index (χ3v) is 3.10. The number of ether oxygens (including phenoxy) is 1. The van der Waals surface area contributed by atoms with Crippen molar-refractivity contribution < 1.29 is 4.74 Å². The van der Waals surface area contributed by atoms with Crippen LogP contribution in [0.4, 0.5) is 5.95 Å². The zero-order valence-electron chi connectivity index (χ0n) is 10.5. The van der Waals surface area contributed by atoms with Crippen LogP contribution in [0.15, 0.2) is 6.07 Å². The molecule has 1 saturated heterocycles. The number of morpholine rings is 1. The zero-order chi connectivity index (χ0) is 12.4. The van der Waals surface area contributed by atoms with Crippen LogP contribution in [0.1, 0.15) is 18.3 Å². The summed E-state index contributed by atoms with van der Waals surface area (Å²) in [5.41, 5.74) is 1.99. The number of halogens is 1. The topological polar surface area (TPSA) is 38.2 Å². The van der Waals surface area contributed by atoms with Crippen molar-refractivity contribution in [3.05, 3.63) is 17.5 Å². The first kappa shape index (κ1) is 12.6. The molecule has 1 fully saturated rings. The number of rotatable bonds is 2. The molecule has 2 heterocycles. The van der Waals surface area contributed by atoms with Crippen LogP contribution < -0.4 is 4.90 Å². The Kier molecular flexibility index (Phi) is 3.84. The minimum atomic E-state index is 0.0600. The van der Waals surface area contributed by atoms with E-state index < -0.39 is 0 Å². The summed E-state index contributed by atoms with van der Waals surface area (Å²) in [5, 5.41) is 0. The monoisotopic (exact) mass is 255 g/mol. The van der Waals surface area contributed by atoms with E-state index in [1.54, 1.807) is 0 Å². The summed E-state index contributed by atoms with van der Waals surface area (Å²) in [5.74, 6) is 1.29. The molecule has 0 spiro atoms. The van der Waals surface area contributed by atoms with Crippen molar-refractivity contribution in [2.75, 3.05) is 23.9 Å². The maximum atomic E-state index is 5.87. The Labute approximate surface area is 107 Å². The van der Waals surface area contributed by atoms with Crippen LogP contribution in [0, 0.1) is 13.8 Å². The van der Waals surface area contributed by atoms with Gasteiger partial charge in [-0.15, -0.1) is 11.6 Å². The molecule has 1 aliphatic rings. The van der Waals surface area contributed by atoms with E-state index in [1.807, 2.05) is 26.8 Å². The summed E-state index contributed by atoms with van der Waals surface area (Å²) >= 11 is 5.87. The molecule has 5 heteroatoms. The first-order valence-corrected chi connectivity index (χ1v) is 6.40. The lowest BCUT2D eigenvalue weighted by molar-refractivity contribution is -0.00385. The number of hydrogen-bond acceptors (Lipinski definition) is 4. The minimum absolute atomic E-state index is 0.0600. The summed E-state index contributed by atoms with van der Waals surface area (Å²) in [6.45, 7) is 7.60. The molecule has 2 unspecified atom stereocenters. The second-order valence-electron chi connectivity index (χ2n) is 4.58. The molecule has 0 radical (unpaired) electrons. The van der Waals surface area contributed by atoms with Gasteiger partial charge in [-0.25, -0.2) is 9.97 Å². The molecular weight excluding hydrogens is 238 g/mol. The van der Waals surface area contributed by atoms with Gasteiger partial charge in [-0.1, -0.05) is 0 Å². The lowest BCUT2D eigenvalue weighted by Crippen LogP contribution is -2.48. The van der Waals surface area contributed by atoms with Gasteiger partial charge < -0.3 is 9.64 Å². The van der Waals surface area contributed by atoms with E-state index in [2.05, 4.69) is 14.9 Å². The minimum Gasteiger partial charge on any atom is -0.370 e. The van der Waals surface area contributed by atoms with E-state index in [0.717, 1.165) is 30.4 Å². The number of hydrogen-bond donors (Lipinski definition) is 0. The van der Waals surface area contributed by atoms with Gasteiger partial charge in [0, 0.05) is 24.5 Å². The van der Waals surface area contributed by atoms with Gasteiger partial charge in [0.15, 0.2) is 0 Å². The van der Waals surface area contributed by atoms with Crippen LogP contribution in [-0.4, -0.2) is 41.1 Å². The van der Waals surface area contributed by atoms with Gasteiger partial charge in [-0.2, -0.15) is 0 Å². The number of alkyl halides is 1. The van der Waals surface area contributed by atoms with Crippen molar-refractivity contribution in [3.8, 4) is 0 Å². The van der Waals surface area contributed by atoms with Crippen molar-refractivity contribution >= 4 is 17.5 Å². The maximum absolute atomic E-state index is 5.87. The fourth-order valence-corrected chi connectivity index (χ4v) is 2.31. The van der Waals surface area contributed by atoms with Gasteiger partial charge in [-0.3, -0.25) is 0 Å². The smallest absolute Gasteiger partial charge is 0.225 e. The highest BCUT2D eigenvalue weighted by molar-refractivity contribution is 6.18. The quantitative estimate of drug-likeness (QED) is 0.757. The summed E-state index contributed by atoms with van der Waals surface area (Å²) in [4.78, 5) is 11.1. The fraction of sp³-hybridized carbons (Fsp3) is 0.667. The number of aryl methyl sites for hydroxylation is 2. The molecule has 2 rings (SSSR count). The molecule has 1 aromatic heterocycles. The van der Waals surface area contributed by atoms with Gasteiger partial charge in [0.25, 0.3) is 0 Å². The average Bonchev–Trinajstić information content (AvgIpc) is 2.26.